The van der Waals surface area contributed by atoms with Gasteiger partial charge in [0.25, 0.3) is 5.69 Å². The van der Waals surface area contributed by atoms with Crippen LogP contribution in [0.4, 0.5) is 5.69 Å². The molecule has 0 saturated heterocycles. The van der Waals surface area contributed by atoms with Gasteiger partial charge in [0.15, 0.2) is 0 Å². The first kappa shape index (κ1) is 15.3. The number of nitro benzene ring substituents is 1. The molecule has 0 aliphatic heterocycles. The Hall–Kier alpha value is -2.14. The van der Waals surface area contributed by atoms with Crippen molar-refractivity contribution in [2.24, 2.45) is 0 Å². The van der Waals surface area contributed by atoms with E-state index in [1.54, 1.807) is 12.1 Å². The minimum absolute atomic E-state index is 0.0439. The molecule has 0 atom stereocenters. The van der Waals surface area contributed by atoms with Gasteiger partial charge in [0, 0.05) is 16.5 Å². The van der Waals surface area contributed by atoms with Gasteiger partial charge in [-0.25, -0.2) is 0 Å². The Kier molecular flexibility index (Phi) is 4.75. The zero-order valence-electron chi connectivity index (χ0n) is 11.8. The number of hydrogen-bond acceptors (Lipinski definition) is 4. The van der Waals surface area contributed by atoms with E-state index < -0.39 is 4.92 Å². The van der Waals surface area contributed by atoms with E-state index in [0.29, 0.717) is 22.7 Å². The summed E-state index contributed by atoms with van der Waals surface area (Å²) in [5, 5.41) is 11.1. The van der Waals surface area contributed by atoms with Crippen LogP contribution < -0.4 is 0 Å². The van der Waals surface area contributed by atoms with Crippen LogP contribution in [0.15, 0.2) is 52.3 Å². The monoisotopic (exact) mass is 301 g/mol. The molecule has 0 saturated carbocycles. The predicted molar refractivity (Wildman–Crippen MR) is 83.1 cm³/mol. The van der Waals surface area contributed by atoms with Gasteiger partial charge < -0.3 is 0 Å². The zero-order chi connectivity index (χ0) is 15.4. The topological polar surface area (TPSA) is 60.2 Å². The number of aldehydes is 1. The highest BCUT2D eigenvalue weighted by atomic mass is 32.2. The van der Waals surface area contributed by atoms with E-state index in [1.165, 1.54) is 23.4 Å². The van der Waals surface area contributed by atoms with Crippen molar-refractivity contribution >= 4 is 23.7 Å². The highest BCUT2D eigenvalue weighted by molar-refractivity contribution is 7.99. The van der Waals surface area contributed by atoms with Crippen molar-refractivity contribution in [3.8, 4) is 0 Å². The lowest BCUT2D eigenvalue weighted by Crippen LogP contribution is -1.93. The van der Waals surface area contributed by atoms with Crippen LogP contribution in [0.5, 0.6) is 0 Å². The maximum atomic E-state index is 11.1. The smallest absolute Gasteiger partial charge is 0.283 e. The normalized spacial score (nSPS) is 10.6. The number of nitro groups is 1. The summed E-state index contributed by atoms with van der Waals surface area (Å²) in [4.78, 5) is 22.8. The van der Waals surface area contributed by atoms with Crippen molar-refractivity contribution in [2.45, 2.75) is 29.6 Å². The lowest BCUT2D eigenvalue weighted by Gasteiger charge is -2.07. The number of nitrogens with zero attached hydrogens (tertiary/aromatic N) is 1. The third-order valence-electron chi connectivity index (χ3n) is 3.09. The lowest BCUT2D eigenvalue weighted by atomic mass is 10.0. The third kappa shape index (κ3) is 3.70. The average Bonchev–Trinajstić information content (AvgIpc) is 2.48. The van der Waals surface area contributed by atoms with E-state index in [-0.39, 0.29) is 5.69 Å². The number of hydrogen-bond donors (Lipinski definition) is 0. The molecule has 0 heterocycles. The Morgan fingerprint density at radius 1 is 1.14 bits per heavy atom. The van der Waals surface area contributed by atoms with Crippen LogP contribution in [-0.4, -0.2) is 11.2 Å². The second kappa shape index (κ2) is 6.54. The van der Waals surface area contributed by atoms with Crippen molar-refractivity contribution in [1.82, 2.24) is 0 Å². The zero-order valence-corrected chi connectivity index (χ0v) is 12.6. The van der Waals surface area contributed by atoms with E-state index in [1.807, 2.05) is 24.3 Å². The standard InChI is InChI=1S/C16H15NO3S/c1-11(2)13-4-6-14(7-5-13)21-16-8-3-12(10-18)9-15(16)17(19)20/h3-11H,1-2H3. The number of benzene rings is 2. The van der Waals surface area contributed by atoms with Gasteiger partial charge in [0.1, 0.15) is 6.29 Å². The molecule has 2 aromatic rings. The summed E-state index contributed by atoms with van der Waals surface area (Å²) < 4.78 is 0. The van der Waals surface area contributed by atoms with Gasteiger partial charge in [-0.05, 0) is 29.7 Å². The molecule has 0 amide bonds. The van der Waals surface area contributed by atoms with E-state index in [0.717, 1.165) is 4.90 Å². The van der Waals surface area contributed by atoms with E-state index in [9.17, 15) is 14.9 Å². The fraction of sp³-hybridized carbons (Fsp3) is 0.188. The van der Waals surface area contributed by atoms with Crippen LogP contribution in [0, 0.1) is 10.1 Å². The highest BCUT2D eigenvalue weighted by Crippen LogP contribution is 2.35. The van der Waals surface area contributed by atoms with Crippen molar-refractivity contribution in [3.63, 3.8) is 0 Å². The molecule has 0 unspecified atom stereocenters. The Bertz CT molecular complexity index is 666. The Balaban J connectivity index is 2.30. The summed E-state index contributed by atoms with van der Waals surface area (Å²) in [5.41, 5.74) is 1.49. The van der Waals surface area contributed by atoms with Gasteiger partial charge in [-0.15, -0.1) is 0 Å². The summed E-state index contributed by atoms with van der Waals surface area (Å²) in [6.45, 7) is 4.23. The lowest BCUT2D eigenvalue weighted by molar-refractivity contribution is -0.387. The summed E-state index contributed by atoms with van der Waals surface area (Å²) in [5.74, 6) is 0.449. The van der Waals surface area contributed by atoms with Gasteiger partial charge in [0.2, 0.25) is 0 Å². The molecule has 0 radical (unpaired) electrons. The molecule has 2 rings (SSSR count). The van der Waals surface area contributed by atoms with Crippen molar-refractivity contribution in [1.29, 1.82) is 0 Å². The quantitative estimate of drug-likeness (QED) is 0.457. The average molecular weight is 301 g/mol. The molecule has 108 valence electrons. The molecule has 2 aromatic carbocycles. The van der Waals surface area contributed by atoms with Gasteiger partial charge in [0.05, 0.1) is 9.82 Å². The molecule has 0 aliphatic rings. The van der Waals surface area contributed by atoms with E-state index in [2.05, 4.69) is 13.8 Å². The molecule has 21 heavy (non-hydrogen) atoms. The van der Waals surface area contributed by atoms with Crippen LogP contribution >= 0.6 is 11.8 Å². The van der Waals surface area contributed by atoms with Crippen LogP contribution in [0.1, 0.15) is 35.7 Å². The predicted octanol–water partition coefficient (Wildman–Crippen LogP) is 4.68. The molecule has 0 aliphatic carbocycles. The number of carbonyl (C=O) groups excluding carboxylic acids is 1. The Morgan fingerprint density at radius 2 is 1.81 bits per heavy atom. The molecule has 0 fully saturated rings. The van der Waals surface area contributed by atoms with Gasteiger partial charge in [-0.1, -0.05) is 43.8 Å². The molecule has 0 bridgehead atoms. The minimum Gasteiger partial charge on any atom is -0.298 e. The van der Waals surface area contributed by atoms with Gasteiger partial charge >= 0.3 is 0 Å². The molecular formula is C16H15NO3S. The molecule has 0 aromatic heterocycles. The fourth-order valence-corrected chi connectivity index (χ4v) is 2.78. The van der Waals surface area contributed by atoms with Crippen molar-refractivity contribution in [3.05, 3.63) is 63.7 Å². The summed E-state index contributed by atoms with van der Waals surface area (Å²) in [7, 11) is 0. The molecular weight excluding hydrogens is 286 g/mol. The largest absolute Gasteiger partial charge is 0.298 e. The number of rotatable bonds is 5. The first-order valence-electron chi connectivity index (χ1n) is 6.52. The third-order valence-corrected chi connectivity index (χ3v) is 4.16. The maximum Gasteiger partial charge on any atom is 0.283 e. The summed E-state index contributed by atoms with van der Waals surface area (Å²) in [6, 6.07) is 12.5. The molecule has 0 N–H and O–H groups in total. The second-order valence-corrected chi connectivity index (χ2v) is 6.04. The van der Waals surface area contributed by atoms with Crippen molar-refractivity contribution < 1.29 is 9.72 Å². The van der Waals surface area contributed by atoms with Crippen LogP contribution in [0.3, 0.4) is 0 Å². The van der Waals surface area contributed by atoms with Crippen LogP contribution in [0.25, 0.3) is 0 Å². The molecule has 0 spiro atoms. The minimum atomic E-state index is -0.460. The molecule has 5 heteroatoms. The van der Waals surface area contributed by atoms with Crippen LogP contribution in [0.2, 0.25) is 0 Å². The SMILES string of the molecule is CC(C)c1ccc(Sc2ccc(C=O)cc2[N+](=O)[O-])cc1. The second-order valence-electron chi connectivity index (χ2n) is 4.93. The molecule has 4 nitrogen and oxygen atoms in total. The van der Waals surface area contributed by atoms with Gasteiger partial charge in [-0.3, -0.25) is 14.9 Å². The summed E-state index contributed by atoms with van der Waals surface area (Å²) in [6.07, 6.45) is 0.610. The first-order valence-corrected chi connectivity index (χ1v) is 7.34. The van der Waals surface area contributed by atoms with E-state index >= 15 is 0 Å². The van der Waals surface area contributed by atoms with Crippen LogP contribution in [-0.2, 0) is 0 Å². The Labute approximate surface area is 127 Å². The first-order chi connectivity index (χ1) is 10.0. The maximum absolute atomic E-state index is 11.1. The van der Waals surface area contributed by atoms with Crippen molar-refractivity contribution in [2.75, 3.05) is 0 Å². The number of carbonyl (C=O) groups is 1. The summed E-state index contributed by atoms with van der Waals surface area (Å²) >= 11 is 1.32. The fourth-order valence-electron chi connectivity index (χ4n) is 1.88. The highest BCUT2D eigenvalue weighted by Gasteiger charge is 2.15. The Morgan fingerprint density at radius 3 is 2.33 bits per heavy atom. The van der Waals surface area contributed by atoms with Gasteiger partial charge in [-0.2, -0.15) is 0 Å². The van der Waals surface area contributed by atoms with E-state index in [4.69, 9.17) is 0 Å².